The second-order valence-corrected chi connectivity index (χ2v) is 5.56. The number of nitrogen functional groups attached to an aromatic ring is 1. The molecule has 1 fully saturated rings. The summed E-state index contributed by atoms with van der Waals surface area (Å²) in [6.45, 7) is 2.47. The van der Waals surface area contributed by atoms with Gasteiger partial charge in [0.25, 0.3) is 5.91 Å². The SMILES string of the molecule is CC(OCC1CCCCC1)C(=O)Nc1ccccc1N. The molecule has 0 radical (unpaired) electrons. The van der Waals surface area contributed by atoms with Crippen LogP contribution < -0.4 is 11.1 Å². The first kappa shape index (κ1) is 14.9. The van der Waals surface area contributed by atoms with Gasteiger partial charge in [0, 0.05) is 0 Å². The maximum atomic E-state index is 12.0. The van der Waals surface area contributed by atoms with Crippen LogP contribution in [0.15, 0.2) is 24.3 Å². The largest absolute Gasteiger partial charge is 0.397 e. The summed E-state index contributed by atoms with van der Waals surface area (Å²) < 4.78 is 5.70. The Morgan fingerprint density at radius 3 is 2.75 bits per heavy atom. The van der Waals surface area contributed by atoms with Crippen molar-refractivity contribution in [1.29, 1.82) is 0 Å². The first-order chi connectivity index (χ1) is 9.66. The molecule has 1 amide bonds. The summed E-state index contributed by atoms with van der Waals surface area (Å²) in [4.78, 5) is 12.0. The minimum Gasteiger partial charge on any atom is -0.397 e. The Labute approximate surface area is 120 Å². The van der Waals surface area contributed by atoms with Gasteiger partial charge < -0.3 is 15.8 Å². The Morgan fingerprint density at radius 2 is 2.05 bits per heavy atom. The molecule has 4 nitrogen and oxygen atoms in total. The maximum Gasteiger partial charge on any atom is 0.253 e. The second kappa shape index (κ2) is 7.29. The molecule has 0 aliphatic heterocycles. The molecule has 3 N–H and O–H groups in total. The second-order valence-electron chi connectivity index (χ2n) is 5.56. The summed E-state index contributed by atoms with van der Waals surface area (Å²) in [6, 6.07) is 7.25. The molecule has 0 aromatic heterocycles. The van der Waals surface area contributed by atoms with Gasteiger partial charge in [-0.2, -0.15) is 0 Å². The number of anilines is 2. The topological polar surface area (TPSA) is 64.3 Å². The van der Waals surface area contributed by atoms with Gasteiger partial charge in [-0.15, -0.1) is 0 Å². The number of rotatable bonds is 5. The highest BCUT2D eigenvalue weighted by molar-refractivity contribution is 5.96. The van der Waals surface area contributed by atoms with Crippen molar-refractivity contribution in [2.75, 3.05) is 17.7 Å². The number of amides is 1. The van der Waals surface area contributed by atoms with Crippen molar-refractivity contribution in [3.05, 3.63) is 24.3 Å². The van der Waals surface area contributed by atoms with E-state index in [-0.39, 0.29) is 5.91 Å². The summed E-state index contributed by atoms with van der Waals surface area (Å²) >= 11 is 0. The highest BCUT2D eigenvalue weighted by atomic mass is 16.5. The number of hydrogen-bond donors (Lipinski definition) is 2. The fourth-order valence-electron chi connectivity index (χ4n) is 2.56. The number of carbonyl (C=O) groups excluding carboxylic acids is 1. The molecule has 0 spiro atoms. The third-order valence-corrected chi connectivity index (χ3v) is 3.89. The molecular weight excluding hydrogens is 252 g/mol. The summed E-state index contributed by atoms with van der Waals surface area (Å²) in [5, 5.41) is 2.81. The van der Waals surface area contributed by atoms with Crippen LogP contribution in [0.4, 0.5) is 11.4 Å². The first-order valence-corrected chi connectivity index (χ1v) is 7.44. The molecule has 1 aromatic carbocycles. The molecule has 1 atom stereocenters. The average Bonchev–Trinajstić information content (AvgIpc) is 2.48. The van der Waals surface area contributed by atoms with E-state index in [4.69, 9.17) is 10.5 Å². The molecule has 1 saturated carbocycles. The van der Waals surface area contributed by atoms with Crippen LogP contribution in [0.2, 0.25) is 0 Å². The van der Waals surface area contributed by atoms with Gasteiger partial charge in [-0.05, 0) is 37.8 Å². The summed E-state index contributed by atoms with van der Waals surface area (Å²) in [5.74, 6) is 0.472. The molecule has 4 heteroatoms. The molecule has 1 aromatic rings. The van der Waals surface area contributed by atoms with Gasteiger partial charge in [0.1, 0.15) is 6.10 Å². The summed E-state index contributed by atoms with van der Waals surface area (Å²) in [7, 11) is 0. The van der Waals surface area contributed by atoms with Crippen molar-refractivity contribution in [3.8, 4) is 0 Å². The lowest BCUT2D eigenvalue weighted by molar-refractivity contribution is -0.127. The lowest BCUT2D eigenvalue weighted by Crippen LogP contribution is -2.30. The molecule has 1 aliphatic carbocycles. The fraction of sp³-hybridized carbons (Fsp3) is 0.562. The molecule has 0 heterocycles. The van der Waals surface area contributed by atoms with E-state index in [9.17, 15) is 4.79 Å². The number of hydrogen-bond acceptors (Lipinski definition) is 3. The number of nitrogens with two attached hydrogens (primary N) is 1. The highest BCUT2D eigenvalue weighted by Gasteiger charge is 2.18. The smallest absolute Gasteiger partial charge is 0.253 e. The van der Waals surface area contributed by atoms with Crippen LogP contribution in [0.25, 0.3) is 0 Å². The van der Waals surface area contributed by atoms with Crippen LogP contribution in [0.3, 0.4) is 0 Å². The van der Waals surface area contributed by atoms with Gasteiger partial charge in [0.05, 0.1) is 18.0 Å². The van der Waals surface area contributed by atoms with Crippen LogP contribution in [0, 0.1) is 5.92 Å². The van der Waals surface area contributed by atoms with E-state index in [0.29, 0.717) is 23.9 Å². The van der Waals surface area contributed by atoms with Crippen molar-refractivity contribution >= 4 is 17.3 Å². The van der Waals surface area contributed by atoms with Crippen LogP contribution in [-0.4, -0.2) is 18.6 Å². The van der Waals surface area contributed by atoms with Gasteiger partial charge in [-0.1, -0.05) is 31.4 Å². The molecule has 1 unspecified atom stereocenters. The Kier molecular flexibility index (Phi) is 5.41. The number of benzene rings is 1. The minimum atomic E-state index is -0.448. The van der Waals surface area contributed by atoms with Crippen molar-refractivity contribution in [2.45, 2.75) is 45.1 Å². The molecule has 110 valence electrons. The lowest BCUT2D eigenvalue weighted by Gasteiger charge is -2.23. The Bertz CT molecular complexity index is 442. The zero-order chi connectivity index (χ0) is 14.4. The third kappa shape index (κ3) is 4.23. The normalized spacial score (nSPS) is 17.6. The van der Waals surface area contributed by atoms with E-state index in [1.165, 1.54) is 32.1 Å². The maximum absolute atomic E-state index is 12.0. The van der Waals surface area contributed by atoms with Gasteiger partial charge in [-0.25, -0.2) is 0 Å². The van der Waals surface area contributed by atoms with Gasteiger partial charge >= 0.3 is 0 Å². The number of para-hydroxylation sites is 2. The quantitative estimate of drug-likeness (QED) is 0.812. The molecule has 20 heavy (non-hydrogen) atoms. The van der Waals surface area contributed by atoms with Crippen molar-refractivity contribution in [1.82, 2.24) is 0 Å². The molecule has 2 rings (SSSR count). The van der Waals surface area contributed by atoms with Crippen LogP contribution in [0.1, 0.15) is 39.0 Å². The monoisotopic (exact) mass is 276 g/mol. The fourth-order valence-corrected chi connectivity index (χ4v) is 2.56. The van der Waals surface area contributed by atoms with Gasteiger partial charge in [0.2, 0.25) is 0 Å². The third-order valence-electron chi connectivity index (χ3n) is 3.89. The van der Waals surface area contributed by atoms with Crippen LogP contribution >= 0.6 is 0 Å². The van der Waals surface area contributed by atoms with E-state index in [0.717, 1.165) is 0 Å². The number of nitrogens with one attached hydrogen (secondary N) is 1. The predicted molar refractivity (Wildman–Crippen MR) is 81.5 cm³/mol. The first-order valence-electron chi connectivity index (χ1n) is 7.44. The van der Waals surface area contributed by atoms with E-state index in [1.807, 2.05) is 12.1 Å². The molecule has 1 aliphatic rings. The van der Waals surface area contributed by atoms with Crippen LogP contribution in [0.5, 0.6) is 0 Å². The molecule has 0 saturated heterocycles. The predicted octanol–water partition coefficient (Wildman–Crippen LogP) is 3.19. The van der Waals surface area contributed by atoms with Gasteiger partial charge in [0.15, 0.2) is 0 Å². The van der Waals surface area contributed by atoms with E-state index >= 15 is 0 Å². The molecular formula is C16H24N2O2. The minimum absolute atomic E-state index is 0.140. The van der Waals surface area contributed by atoms with Crippen molar-refractivity contribution in [2.24, 2.45) is 5.92 Å². The summed E-state index contributed by atoms with van der Waals surface area (Å²) in [5.41, 5.74) is 7.02. The van der Waals surface area contributed by atoms with E-state index < -0.39 is 6.10 Å². The Hall–Kier alpha value is -1.55. The Balaban J connectivity index is 1.78. The van der Waals surface area contributed by atoms with Crippen molar-refractivity contribution < 1.29 is 9.53 Å². The zero-order valence-electron chi connectivity index (χ0n) is 12.1. The van der Waals surface area contributed by atoms with E-state index in [1.54, 1.807) is 19.1 Å². The van der Waals surface area contributed by atoms with Gasteiger partial charge in [-0.3, -0.25) is 4.79 Å². The standard InChI is InChI=1S/C16H24N2O2/c1-12(20-11-13-7-3-2-4-8-13)16(19)18-15-10-6-5-9-14(15)17/h5-6,9-10,12-13H,2-4,7-8,11,17H2,1H3,(H,18,19). The zero-order valence-corrected chi connectivity index (χ0v) is 12.1. The number of ether oxygens (including phenoxy) is 1. The summed E-state index contributed by atoms with van der Waals surface area (Å²) in [6.07, 6.45) is 5.90. The highest BCUT2D eigenvalue weighted by Crippen LogP contribution is 2.24. The van der Waals surface area contributed by atoms with Crippen LogP contribution in [-0.2, 0) is 9.53 Å². The van der Waals surface area contributed by atoms with E-state index in [2.05, 4.69) is 5.32 Å². The number of carbonyl (C=O) groups is 1. The van der Waals surface area contributed by atoms with Crippen molar-refractivity contribution in [3.63, 3.8) is 0 Å². The average molecular weight is 276 g/mol. The lowest BCUT2D eigenvalue weighted by atomic mass is 9.90. The molecule has 0 bridgehead atoms. The Morgan fingerprint density at radius 1 is 1.35 bits per heavy atom.